The number of hydrogen-bond acceptors (Lipinski definition) is 3. The fourth-order valence-corrected chi connectivity index (χ4v) is 7.23. The van der Waals surface area contributed by atoms with Crippen molar-refractivity contribution in [2.75, 3.05) is 26.2 Å². The Morgan fingerprint density at radius 2 is 1.33 bits per heavy atom. The van der Waals surface area contributed by atoms with Crippen LogP contribution in [0.15, 0.2) is 48.5 Å². The first-order valence-electron chi connectivity index (χ1n) is 14.7. The van der Waals surface area contributed by atoms with Crippen molar-refractivity contribution >= 4 is 68.5 Å². The molecule has 4 heterocycles. The molecule has 3 aromatic carbocycles. The van der Waals surface area contributed by atoms with Gasteiger partial charge >= 0.3 is 0 Å². The van der Waals surface area contributed by atoms with Crippen molar-refractivity contribution in [2.24, 2.45) is 0 Å². The second kappa shape index (κ2) is 12.0. The van der Waals surface area contributed by atoms with Gasteiger partial charge in [-0.1, -0.05) is 70.7 Å². The third-order valence-corrected chi connectivity index (χ3v) is 10.3. The number of halogens is 4. The minimum Gasteiger partial charge on any atom is -0.323 e. The van der Waals surface area contributed by atoms with E-state index in [-0.39, 0.29) is 0 Å². The minimum atomic E-state index is 0.405. The lowest BCUT2D eigenvalue weighted by Crippen LogP contribution is -2.41. The van der Waals surface area contributed by atoms with E-state index in [0.29, 0.717) is 31.9 Å². The van der Waals surface area contributed by atoms with Crippen molar-refractivity contribution in [3.8, 4) is 0 Å². The van der Waals surface area contributed by atoms with Gasteiger partial charge in [0.2, 0.25) is 0 Å². The maximum absolute atomic E-state index is 6.48. The quantitative estimate of drug-likeness (QED) is 0.169. The molecule has 6 nitrogen and oxygen atoms in total. The third kappa shape index (κ3) is 5.54. The van der Waals surface area contributed by atoms with E-state index < -0.39 is 0 Å². The highest BCUT2D eigenvalue weighted by molar-refractivity contribution is 6.43. The van der Waals surface area contributed by atoms with Crippen molar-refractivity contribution < 1.29 is 4.57 Å². The number of H-pyrrole nitrogens is 1. The molecule has 0 aliphatic carbocycles. The Morgan fingerprint density at radius 1 is 0.738 bits per heavy atom. The van der Waals surface area contributed by atoms with Crippen LogP contribution in [0.2, 0.25) is 20.1 Å². The monoisotopic (exact) mass is 641 g/mol. The normalized spacial score (nSPS) is 17.0. The Kier molecular flexibility index (Phi) is 8.12. The molecule has 0 unspecified atom stereocenters. The summed E-state index contributed by atoms with van der Waals surface area (Å²) in [7, 11) is 0. The molecule has 0 bridgehead atoms. The van der Waals surface area contributed by atoms with Crippen molar-refractivity contribution in [2.45, 2.75) is 50.6 Å². The number of piperidine rings is 2. The van der Waals surface area contributed by atoms with Crippen LogP contribution in [0.4, 0.5) is 0 Å². The zero-order valence-corrected chi connectivity index (χ0v) is 26.2. The molecule has 218 valence electrons. The first-order valence-corrected chi connectivity index (χ1v) is 16.2. The van der Waals surface area contributed by atoms with E-state index in [1.807, 2.05) is 24.3 Å². The summed E-state index contributed by atoms with van der Waals surface area (Å²) < 4.78 is 4.71. The Bertz CT molecular complexity index is 1620. The first-order chi connectivity index (χ1) is 20.4. The van der Waals surface area contributed by atoms with Gasteiger partial charge in [-0.05, 0) is 75.1 Å². The van der Waals surface area contributed by atoms with E-state index >= 15 is 0 Å². The topological polar surface area (TPSA) is 61.6 Å². The number of fused-ring (bicyclic) bond motifs is 2. The van der Waals surface area contributed by atoms with Crippen LogP contribution in [0.3, 0.4) is 0 Å². The smallest absolute Gasteiger partial charge is 0.258 e. The largest absolute Gasteiger partial charge is 0.323 e. The minimum absolute atomic E-state index is 0.405. The molecule has 0 radical (unpaired) electrons. The summed E-state index contributed by atoms with van der Waals surface area (Å²) in [5, 5.41) is 9.19. The number of rotatable bonds is 6. The molecule has 0 saturated carbocycles. The summed E-state index contributed by atoms with van der Waals surface area (Å²) in [6.07, 6.45) is 4.34. The summed E-state index contributed by atoms with van der Waals surface area (Å²) in [5.41, 5.74) is 6.47. The van der Waals surface area contributed by atoms with Gasteiger partial charge < -0.3 is 15.2 Å². The van der Waals surface area contributed by atoms with E-state index in [0.717, 1.165) is 92.8 Å². The molecule has 2 aliphatic heterocycles. The van der Waals surface area contributed by atoms with Gasteiger partial charge in [-0.2, -0.15) is 0 Å². The summed E-state index contributed by atoms with van der Waals surface area (Å²) in [6, 6.07) is 16.7. The molecule has 2 fully saturated rings. The number of hydrogen-bond donors (Lipinski definition) is 3. The highest BCUT2D eigenvalue weighted by Gasteiger charge is 2.29. The fraction of sp³-hybridized carbons (Fsp3) is 0.375. The highest BCUT2D eigenvalue weighted by atomic mass is 35.5. The first kappa shape index (κ1) is 28.5. The molecule has 0 amide bonds. The predicted octanol–water partition coefficient (Wildman–Crippen LogP) is 7.45. The molecular weight excluding hydrogens is 610 g/mol. The van der Waals surface area contributed by atoms with Crippen molar-refractivity contribution in [1.29, 1.82) is 0 Å². The molecule has 10 heteroatoms. The second-order valence-corrected chi connectivity index (χ2v) is 13.2. The van der Waals surface area contributed by atoms with Crippen LogP contribution in [0, 0.1) is 0 Å². The standard InChI is InChI=1S/C32H32Cl4N6/c33-23-13-27-29(15-25(23)35)41(31(39-27)21-5-9-37-10-6-21)17-19-1-2-20(4-3-19)18-42-30-16-26(36)24(34)14-28(30)40-32(42)22-7-11-38-12-8-22/h1-4,13-16,21-22,37-38H,5-12,17-18H2/p+1. The van der Waals surface area contributed by atoms with Crippen LogP contribution in [-0.2, 0) is 13.1 Å². The number of nitrogens with zero attached hydrogens (tertiary/aromatic N) is 3. The average Bonchev–Trinajstić information content (AvgIpc) is 3.52. The Balaban J connectivity index is 1.21. The Hall–Kier alpha value is -2.32. The average molecular weight is 643 g/mol. The Labute approximate surface area is 265 Å². The van der Waals surface area contributed by atoms with Gasteiger partial charge in [0.05, 0.1) is 37.0 Å². The molecule has 2 aromatic heterocycles. The van der Waals surface area contributed by atoms with E-state index in [2.05, 4.69) is 49.0 Å². The summed E-state index contributed by atoms with van der Waals surface area (Å²) in [6.45, 7) is 5.53. The van der Waals surface area contributed by atoms with E-state index in [1.54, 1.807) is 0 Å². The van der Waals surface area contributed by atoms with Crippen molar-refractivity contribution in [1.82, 2.24) is 25.2 Å². The number of imidazole rings is 2. The Morgan fingerprint density at radius 3 is 2.05 bits per heavy atom. The molecule has 3 N–H and O–H groups in total. The van der Waals surface area contributed by atoms with Gasteiger partial charge in [0.1, 0.15) is 12.4 Å². The van der Waals surface area contributed by atoms with Crippen molar-refractivity contribution in [3.63, 3.8) is 0 Å². The molecule has 7 rings (SSSR count). The highest BCUT2D eigenvalue weighted by Crippen LogP contribution is 2.34. The van der Waals surface area contributed by atoms with Gasteiger partial charge in [0, 0.05) is 24.6 Å². The number of aromatic nitrogens is 4. The van der Waals surface area contributed by atoms with Crippen LogP contribution in [-0.4, -0.2) is 40.7 Å². The molecule has 5 aromatic rings. The molecule has 42 heavy (non-hydrogen) atoms. The zero-order chi connectivity index (χ0) is 28.8. The maximum Gasteiger partial charge on any atom is 0.258 e. The number of benzene rings is 3. The van der Waals surface area contributed by atoms with Crippen LogP contribution in [0.5, 0.6) is 0 Å². The van der Waals surface area contributed by atoms with E-state index in [9.17, 15) is 0 Å². The summed E-state index contributed by atoms with van der Waals surface area (Å²) >= 11 is 25.7. The zero-order valence-electron chi connectivity index (χ0n) is 23.2. The second-order valence-electron chi connectivity index (χ2n) is 11.6. The summed E-state index contributed by atoms with van der Waals surface area (Å²) in [4.78, 5) is 8.74. The maximum atomic E-state index is 6.48. The lowest BCUT2D eigenvalue weighted by molar-refractivity contribution is -0.671. The number of aromatic amines is 1. The SMILES string of the molecule is Clc1cc2nc(C3CCNCC3)n(Cc3ccc(C[n+]4c(C5CCNCC5)[nH]c5cc(Cl)c(Cl)cc54)cc3)c2cc1Cl. The third-order valence-electron chi connectivity index (χ3n) is 8.84. The molecular formula is C32H33Cl4N6+. The van der Waals surface area contributed by atoms with E-state index in [1.165, 1.54) is 17.0 Å². The van der Waals surface area contributed by atoms with Crippen molar-refractivity contribution in [3.05, 3.63) is 91.4 Å². The van der Waals surface area contributed by atoms with Crippen LogP contribution in [0.25, 0.3) is 22.1 Å². The number of nitrogens with one attached hydrogen (secondary N) is 3. The van der Waals surface area contributed by atoms with Gasteiger partial charge in [-0.25, -0.2) is 14.5 Å². The molecule has 0 atom stereocenters. The lowest BCUT2D eigenvalue weighted by Gasteiger charge is -2.23. The molecule has 2 saturated heterocycles. The predicted molar refractivity (Wildman–Crippen MR) is 173 cm³/mol. The lowest BCUT2D eigenvalue weighted by atomic mass is 9.97. The van der Waals surface area contributed by atoms with Crippen LogP contribution >= 0.6 is 46.4 Å². The van der Waals surface area contributed by atoms with Crippen LogP contribution in [0.1, 0.15) is 60.3 Å². The van der Waals surface area contributed by atoms with Gasteiger partial charge in [-0.3, -0.25) is 0 Å². The van der Waals surface area contributed by atoms with E-state index in [4.69, 9.17) is 51.4 Å². The fourth-order valence-electron chi connectivity index (χ4n) is 6.60. The summed E-state index contributed by atoms with van der Waals surface area (Å²) in [5.74, 6) is 3.22. The van der Waals surface area contributed by atoms with Gasteiger partial charge in [0.25, 0.3) is 5.82 Å². The van der Waals surface area contributed by atoms with Crippen LogP contribution < -0.4 is 15.2 Å². The molecule has 2 aliphatic rings. The van der Waals surface area contributed by atoms with Gasteiger partial charge in [-0.15, -0.1) is 0 Å². The van der Waals surface area contributed by atoms with Gasteiger partial charge in [0.15, 0.2) is 11.0 Å². The molecule has 0 spiro atoms.